The quantitative estimate of drug-likeness (QED) is 0.657. The van der Waals surface area contributed by atoms with E-state index in [0.717, 1.165) is 10.0 Å². The lowest BCUT2D eigenvalue weighted by atomic mass is 10.1. The van der Waals surface area contributed by atoms with E-state index in [-0.39, 0.29) is 11.7 Å². The van der Waals surface area contributed by atoms with E-state index < -0.39 is 4.92 Å². The summed E-state index contributed by atoms with van der Waals surface area (Å²) < 4.78 is 0.857. The Morgan fingerprint density at radius 2 is 2.10 bits per heavy atom. The minimum Gasteiger partial charge on any atom is -0.377 e. The molecule has 0 saturated carbocycles. The first-order valence-corrected chi connectivity index (χ1v) is 7.01. The predicted molar refractivity (Wildman–Crippen MR) is 84.0 cm³/mol. The average Bonchev–Trinajstić information content (AvgIpc) is 2.47. The van der Waals surface area contributed by atoms with Crippen LogP contribution in [0.3, 0.4) is 0 Å². The van der Waals surface area contributed by atoms with Gasteiger partial charge >= 0.3 is 0 Å². The van der Waals surface area contributed by atoms with Gasteiger partial charge in [0.2, 0.25) is 0 Å². The van der Waals surface area contributed by atoms with Crippen molar-refractivity contribution < 1.29 is 4.92 Å². The second kappa shape index (κ2) is 6.37. The number of rotatable bonds is 4. The van der Waals surface area contributed by atoms with Gasteiger partial charge in [-0.3, -0.25) is 10.1 Å². The van der Waals surface area contributed by atoms with Crippen LogP contribution >= 0.6 is 15.9 Å². The maximum absolute atomic E-state index is 10.8. The van der Waals surface area contributed by atoms with Crippen molar-refractivity contribution in [3.8, 4) is 6.07 Å². The van der Waals surface area contributed by atoms with Gasteiger partial charge in [0.05, 0.1) is 16.2 Å². The van der Waals surface area contributed by atoms with Crippen LogP contribution in [-0.4, -0.2) is 4.92 Å². The Bertz CT molecular complexity index is 725. The molecule has 2 aromatic carbocycles. The first-order chi connectivity index (χ1) is 10.0. The summed E-state index contributed by atoms with van der Waals surface area (Å²) in [5.74, 6) is 0. The lowest BCUT2D eigenvalue weighted by molar-refractivity contribution is -0.384. The van der Waals surface area contributed by atoms with Gasteiger partial charge in [-0.15, -0.1) is 0 Å². The molecule has 0 amide bonds. The molecule has 0 saturated heterocycles. The molecule has 106 valence electrons. The molecular weight excluding hydrogens is 334 g/mol. The zero-order valence-corrected chi connectivity index (χ0v) is 12.8. The van der Waals surface area contributed by atoms with Gasteiger partial charge in [-0.2, -0.15) is 5.26 Å². The number of nitro benzene ring substituents is 1. The SMILES string of the molecule is CC(Nc1cc(Br)ccc1C#N)c1cccc([N+](=O)[O-])c1. The van der Waals surface area contributed by atoms with Crippen LogP contribution in [0, 0.1) is 21.4 Å². The van der Waals surface area contributed by atoms with E-state index in [1.807, 2.05) is 19.1 Å². The second-order valence-corrected chi connectivity index (χ2v) is 5.44. The van der Waals surface area contributed by atoms with Crippen LogP contribution in [-0.2, 0) is 0 Å². The van der Waals surface area contributed by atoms with Crippen LogP contribution < -0.4 is 5.32 Å². The largest absolute Gasteiger partial charge is 0.377 e. The summed E-state index contributed by atoms with van der Waals surface area (Å²) in [4.78, 5) is 10.4. The van der Waals surface area contributed by atoms with Crippen LogP contribution in [0.25, 0.3) is 0 Å². The van der Waals surface area contributed by atoms with Crippen molar-refractivity contribution >= 4 is 27.3 Å². The Kier molecular flexibility index (Phi) is 4.55. The summed E-state index contributed by atoms with van der Waals surface area (Å²) in [6, 6.07) is 13.7. The molecule has 0 aliphatic carbocycles. The molecule has 1 N–H and O–H groups in total. The van der Waals surface area contributed by atoms with Crippen LogP contribution in [0.2, 0.25) is 0 Å². The first kappa shape index (κ1) is 15.0. The Morgan fingerprint density at radius 1 is 1.33 bits per heavy atom. The van der Waals surface area contributed by atoms with Gasteiger partial charge in [0.1, 0.15) is 6.07 Å². The van der Waals surface area contributed by atoms with Crippen LogP contribution in [0.5, 0.6) is 0 Å². The molecule has 5 nitrogen and oxygen atoms in total. The smallest absolute Gasteiger partial charge is 0.269 e. The lowest BCUT2D eigenvalue weighted by Crippen LogP contribution is -2.08. The molecule has 0 heterocycles. The van der Waals surface area contributed by atoms with E-state index in [9.17, 15) is 10.1 Å². The zero-order chi connectivity index (χ0) is 15.4. The molecule has 1 atom stereocenters. The predicted octanol–water partition coefficient (Wildman–Crippen LogP) is 4.40. The van der Waals surface area contributed by atoms with Gasteiger partial charge in [0.25, 0.3) is 5.69 Å². The minimum absolute atomic E-state index is 0.0518. The molecule has 0 aromatic heterocycles. The number of nitriles is 1. The normalized spacial score (nSPS) is 11.5. The maximum Gasteiger partial charge on any atom is 0.269 e. The number of hydrogen-bond donors (Lipinski definition) is 1. The zero-order valence-electron chi connectivity index (χ0n) is 11.2. The molecule has 2 rings (SSSR count). The number of anilines is 1. The molecule has 2 aromatic rings. The monoisotopic (exact) mass is 345 g/mol. The van der Waals surface area contributed by atoms with Crippen molar-refractivity contribution in [3.63, 3.8) is 0 Å². The number of nitrogens with zero attached hydrogens (tertiary/aromatic N) is 2. The summed E-state index contributed by atoms with van der Waals surface area (Å²) >= 11 is 3.36. The molecule has 6 heteroatoms. The molecular formula is C15H12BrN3O2. The number of nitro groups is 1. The highest BCUT2D eigenvalue weighted by Crippen LogP contribution is 2.26. The van der Waals surface area contributed by atoms with Crippen LogP contribution in [0.1, 0.15) is 24.1 Å². The fourth-order valence-corrected chi connectivity index (χ4v) is 2.32. The standard InChI is InChI=1S/C15H12BrN3O2/c1-10(11-3-2-4-14(7-11)19(20)21)18-15-8-13(16)6-5-12(15)9-17/h2-8,10,18H,1H3. The van der Waals surface area contributed by atoms with Gasteiger partial charge in [0.15, 0.2) is 0 Å². The minimum atomic E-state index is -0.421. The summed E-state index contributed by atoms with van der Waals surface area (Å²) in [5.41, 5.74) is 2.05. The molecule has 0 radical (unpaired) electrons. The van der Waals surface area contributed by atoms with Crippen molar-refractivity contribution in [1.29, 1.82) is 5.26 Å². The van der Waals surface area contributed by atoms with E-state index in [4.69, 9.17) is 5.26 Å². The maximum atomic E-state index is 10.8. The number of halogens is 1. The van der Waals surface area contributed by atoms with Crippen molar-refractivity contribution in [2.45, 2.75) is 13.0 Å². The molecule has 0 aliphatic heterocycles. The number of nitrogens with one attached hydrogen (secondary N) is 1. The summed E-state index contributed by atoms with van der Waals surface area (Å²) in [6.45, 7) is 1.89. The van der Waals surface area contributed by atoms with Crippen molar-refractivity contribution in [1.82, 2.24) is 0 Å². The Morgan fingerprint density at radius 3 is 2.76 bits per heavy atom. The fourth-order valence-electron chi connectivity index (χ4n) is 1.96. The third-order valence-electron chi connectivity index (χ3n) is 3.06. The first-order valence-electron chi connectivity index (χ1n) is 6.22. The van der Waals surface area contributed by atoms with Gasteiger partial charge in [0, 0.05) is 22.6 Å². The Balaban J connectivity index is 2.28. The average molecular weight is 346 g/mol. The molecule has 21 heavy (non-hydrogen) atoms. The van der Waals surface area contributed by atoms with Crippen molar-refractivity contribution in [2.75, 3.05) is 5.32 Å². The van der Waals surface area contributed by atoms with Gasteiger partial charge in [-0.05, 0) is 30.7 Å². The lowest BCUT2D eigenvalue weighted by Gasteiger charge is -2.16. The van der Waals surface area contributed by atoms with E-state index in [1.54, 1.807) is 18.2 Å². The van der Waals surface area contributed by atoms with Gasteiger partial charge < -0.3 is 5.32 Å². The third kappa shape index (κ3) is 3.58. The van der Waals surface area contributed by atoms with Crippen LogP contribution in [0.15, 0.2) is 46.9 Å². The number of hydrogen-bond acceptors (Lipinski definition) is 4. The molecule has 1 unspecified atom stereocenters. The van der Waals surface area contributed by atoms with E-state index in [2.05, 4.69) is 27.3 Å². The summed E-state index contributed by atoms with van der Waals surface area (Å²) in [5, 5.41) is 23.1. The van der Waals surface area contributed by atoms with Crippen molar-refractivity contribution in [3.05, 3.63) is 68.2 Å². The molecule has 0 bridgehead atoms. The third-order valence-corrected chi connectivity index (χ3v) is 3.55. The summed E-state index contributed by atoms with van der Waals surface area (Å²) in [7, 11) is 0. The van der Waals surface area contributed by atoms with E-state index in [1.165, 1.54) is 12.1 Å². The van der Waals surface area contributed by atoms with Crippen LogP contribution in [0.4, 0.5) is 11.4 Å². The highest BCUT2D eigenvalue weighted by molar-refractivity contribution is 9.10. The van der Waals surface area contributed by atoms with Gasteiger partial charge in [-0.25, -0.2) is 0 Å². The second-order valence-electron chi connectivity index (χ2n) is 4.52. The Hall–Kier alpha value is -2.39. The highest BCUT2D eigenvalue weighted by Gasteiger charge is 2.12. The molecule has 0 spiro atoms. The number of non-ortho nitro benzene ring substituents is 1. The highest BCUT2D eigenvalue weighted by atomic mass is 79.9. The number of benzene rings is 2. The van der Waals surface area contributed by atoms with E-state index >= 15 is 0 Å². The van der Waals surface area contributed by atoms with Gasteiger partial charge in [-0.1, -0.05) is 28.1 Å². The Labute approximate surface area is 130 Å². The summed E-state index contributed by atoms with van der Waals surface area (Å²) in [6.07, 6.45) is 0. The topological polar surface area (TPSA) is 79.0 Å². The van der Waals surface area contributed by atoms with Crippen molar-refractivity contribution in [2.24, 2.45) is 0 Å². The van der Waals surface area contributed by atoms with E-state index in [0.29, 0.717) is 11.3 Å². The molecule has 0 fully saturated rings. The molecule has 0 aliphatic rings. The fraction of sp³-hybridized carbons (Fsp3) is 0.133.